The molecule has 1 aliphatic rings. The Morgan fingerprint density at radius 3 is 2.75 bits per heavy atom. The summed E-state index contributed by atoms with van der Waals surface area (Å²) in [6, 6.07) is 0. The van der Waals surface area contributed by atoms with E-state index in [1.807, 2.05) is 0 Å². The van der Waals surface area contributed by atoms with Crippen molar-refractivity contribution in [2.45, 2.75) is 12.0 Å². The number of sulfonamides is 1. The molecule has 1 saturated heterocycles. The van der Waals surface area contributed by atoms with E-state index in [-0.39, 0.29) is 6.54 Å². The highest BCUT2D eigenvalue weighted by Crippen LogP contribution is 2.12. The quantitative estimate of drug-likeness (QED) is 0.498. The summed E-state index contributed by atoms with van der Waals surface area (Å²) in [5.74, 6) is 0. The van der Waals surface area contributed by atoms with Gasteiger partial charge in [0.15, 0.2) is 0 Å². The van der Waals surface area contributed by atoms with Crippen molar-refractivity contribution in [2.24, 2.45) is 0 Å². The summed E-state index contributed by atoms with van der Waals surface area (Å²) in [5, 5.41) is 12.6. The molecule has 0 aromatic heterocycles. The molecule has 0 amide bonds. The Labute approximate surface area is 72.2 Å². The Kier molecular flexibility index (Phi) is 2.72. The van der Waals surface area contributed by atoms with Crippen LogP contribution in [0.3, 0.4) is 0 Å². The average molecular weight is 194 g/mol. The molecule has 0 aromatic carbocycles. The molecule has 5 nitrogen and oxygen atoms in total. The van der Waals surface area contributed by atoms with Gasteiger partial charge in [-0.2, -0.15) is 0 Å². The van der Waals surface area contributed by atoms with Crippen LogP contribution in [0.4, 0.5) is 0 Å². The Morgan fingerprint density at radius 1 is 1.67 bits per heavy atom. The maximum atomic E-state index is 10.7. The predicted molar refractivity (Wildman–Crippen MR) is 45.3 cm³/mol. The zero-order valence-corrected chi connectivity index (χ0v) is 7.82. The first-order valence-electron chi connectivity index (χ1n) is 3.79. The molecule has 12 heavy (non-hydrogen) atoms. The van der Waals surface area contributed by atoms with Gasteiger partial charge in [0, 0.05) is 13.1 Å². The van der Waals surface area contributed by atoms with Gasteiger partial charge in [-0.25, -0.2) is 13.1 Å². The minimum Gasteiger partial charge on any atom is -0.387 e. The Balaban J connectivity index is 2.41. The van der Waals surface area contributed by atoms with Gasteiger partial charge in [-0.15, -0.1) is 0 Å². The van der Waals surface area contributed by atoms with Crippen LogP contribution in [-0.4, -0.2) is 45.0 Å². The molecule has 0 aromatic rings. The molecule has 0 bridgehead atoms. The number of nitrogens with one attached hydrogen (secondary N) is 2. The number of hydrogen-bond acceptors (Lipinski definition) is 4. The number of hydrogen-bond donors (Lipinski definition) is 3. The molecule has 0 aliphatic carbocycles. The van der Waals surface area contributed by atoms with E-state index in [9.17, 15) is 13.5 Å². The molecule has 6 heteroatoms. The van der Waals surface area contributed by atoms with Gasteiger partial charge in [0.05, 0.1) is 11.9 Å². The van der Waals surface area contributed by atoms with Crippen molar-refractivity contribution >= 4 is 10.0 Å². The Morgan fingerprint density at radius 2 is 2.33 bits per heavy atom. The third kappa shape index (κ3) is 3.06. The fraction of sp³-hybridized carbons (Fsp3) is 1.00. The van der Waals surface area contributed by atoms with Gasteiger partial charge in [-0.3, -0.25) is 0 Å². The molecule has 0 spiro atoms. The zero-order valence-electron chi connectivity index (χ0n) is 7.00. The van der Waals surface area contributed by atoms with E-state index in [4.69, 9.17) is 0 Å². The zero-order chi connectivity index (χ0) is 9.24. The molecule has 1 fully saturated rings. The molecule has 0 radical (unpaired) electrons. The van der Waals surface area contributed by atoms with E-state index in [1.54, 1.807) is 0 Å². The monoisotopic (exact) mass is 194 g/mol. The highest BCUT2D eigenvalue weighted by atomic mass is 32.2. The van der Waals surface area contributed by atoms with Crippen molar-refractivity contribution in [3.63, 3.8) is 0 Å². The van der Waals surface area contributed by atoms with Gasteiger partial charge < -0.3 is 10.4 Å². The number of β-amino-alcohol motifs (C(OH)–C–C–N with tert-alkyl or cyclic N) is 1. The third-order valence-electron chi connectivity index (χ3n) is 1.88. The highest BCUT2D eigenvalue weighted by Gasteiger charge is 2.31. The summed E-state index contributed by atoms with van der Waals surface area (Å²) < 4.78 is 23.7. The van der Waals surface area contributed by atoms with Crippen LogP contribution in [0.25, 0.3) is 0 Å². The second-order valence-electron chi connectivity index (χ2n) is 3.24. The van der Waals surface area contributed by atoms with E-state index < -0.39 is 15.6 Å². The first-order chi connectivity index (χ1) is 5.41. The van der Waals surface area contributed by atoms with Crippen molar-refractivity contribution in [3.05, 3.63) is 0 Å². The molecule has 1 heterocycles. The topological polar surface area (TPSA) is 78.4 Å². The predicted octanol–water partition coefficient (Wildman–Crippen LogP) is -1.74. The van der Waals surface area contributed by atoms with Crippen LogP contribution in [0.1, 0.15) is 6.42 Å². The molecule has 1 rings (SSSR count). The minimum atomic E-state index is -3.19. The molecule has 1 unspecified atom stereocenters. The van der Waals surface area contributed by atoms with Gasteiger partial charge in [0.1, 0.15) is 0 Å². The maximum absolute atomic E-state index is 10.7. The molecular weight excluding hydrogens is 180 g/mol. The molecule has 1 aliphatic heterocycles. The molecule has 0 saturated carbocycles. The Hall–Kier alpha value is -0.170. The lowest BCUT2D eigenvalue weighted by Crippen LogP contribution is -2.44. The highest BCUT2D eigenvalue weighted by molar-refractivity contribution is 7.88. The van der Waals surface area contributed by atoms with Gasteiger partial charge in [-0.05, 0) is 13.0 Å². The summed E-state index contributed by atoms with van der Waals surface area (Å²) in [6.07, 6.45) is 1.67. The standard InChI is InChI=1S/C6H14N2O3S/c1-12(10,11)8-5-6(9)2-3-7-4-6/h7-9H,2-5H2,1H3. The SMILES string of the molecule is CS(=O)(=O)NCC1(O)CCNC1. The molecule has 1 atom stereocenters. The van der Waals surface area contributed by atoms with Gasteiger partial charge in [0.25, 0.3) is 0 Å². The van der Waals surface area contributed by atoms with Gasteiger partial charge in [0.2, 0.25) is 10.0 Å². The summed E-state index contributed by atoms with van der Waals surface area (Å²) in [7, 11) is -3.19. The van der Waals surface area contributed by atoms with Crippen molar-refractivity contribution in [1.29, 1.82) is 0 Å². The molecule has 3 N–H and O–H groups in total. The fourth-order valence-electron chi connectivity index (χ4n) is 1.15. The van der Waals surface area contributed by atoms with Crippen LogP contribution in [-0.2, 0) is 10.0 Å². The van der Waals surface area contributed by atoms with Crippen LogP contribution in [0.15, 0.2) is 0 Å². The minimum absolute atomic E-state index is 0.0961. The van der Waals surface area contributed by atoms with E-state index in [0.29, 0.717) is 13.0 Å². The van der Waals surface area contributed by atoms with Crippen molar-refractivity contribution in [3.8, 4) is 0 Å². The van der Waals surface area contributed by atoms with Crippen LogP contribution < -0.4 is 10.0 Å². The first-order valence-corrected chi connectivity index (χ1v) is 5.68. The third-order valence-corrected chi connectivity index (χ3v) is 2.55. The lowest BCUT2D eigenvalue weighted by Gasteiger charge is -2.20. The summed E-state index contributed by atoms with van der Waals surface area (Å²) in [4.78, 5) is 0. The van der Waals surface area contributed by atoms with Crippen LogP contribution in [0, 0.1) is 0 Å². The lowest BCUT2D eigenvalue weighted by atomic mass is 10.1. The van der Waals surface area contributed by atoms with Crippen LogP contribution >= 0.6 is 0 Å². The van der Waals surface area contributed by atoms with E-state index >= 15 is 0 Å². The normalized spacial score (nSPS) is 30.8. The largest absolute Gasteiger partial charge is 0.387 e. The second-order valence-corrected chi connectivity index (χ2v) is 5.08. The molecule has 72 valence electrons. The number of rotatable bonds is 3. The van der Waals surface area contributed by atoms with Crippen molar-refractivity contribution in [1.82, 2.24) is 10.0 Å². The van der Waals surface area contributed by atoms with Crippen LogP contribution in [0.2, 0.25) is 0 Å². The van der Waals surface area contributed by atoms with E-state index in [0.717, 1.165) is 12.8 Å². The first kappa shape index (κ1) is 9.91. The van der Waals surface area contributed by atoms with Gasteiger partial charge in [-0.1, -0.05) is 0 Å². The maximum Gasteiger partial charge on any atom is 0.208 e. The summed E-state index contributed by atoms with van der Waals surface area (Å²) in [5.41, 5.74) is -0.900. The Bertz CT molecular complexity index is 244. The fourth-order valence-corrected chi connectivity index (χ4v) is 1.68. The van der Waals surface area contributed by atoms with Crippen LogP contribution in [0.5, 0.6) is 0 Å². The average Bonchev–Trinajstić information content (AvgIpc) is 2.32. The number of aliphatic hydroxyl groups is 1. The van der Waals surface area contributed by atoms with E-state index in [2.05, 4.69) is 10.0 Å². The van der Waals surface area contributed by atoms with E-state index in [1.165, 1.54) is 0 Å². The lowest BCUT2D eigenvalue weighted by molar-refractivity contribution is 0.0668. The smallest absolute Gasteiger partial charge is 0.208 e. The van der Waals surface area contributed by atoms with Crippen molar-refractivity contribution < 1.29 is 13.5 Å². The molecular formula is C6H14N2O3S. The van der Waals surface area contributed by atoms with Gasteiger partial charge >= 0.3 is 0 Å². The summed E-state index contributed by atoms with van der Waals surface area (Å²) in [6.45, 7) is 1.29. The summed E-state index contributed by atoms with van der Waals surface area (Å²) >= 11 is 0. The van der Waals surface area contributed by atoms with Crippen molar-refractivity contribution in [2.75, 3.05) is 25.9 Å². The second kappa shape index (κ2) is 3.29.